The molecule has 0 aliphatic carbocycles. The van der Waals surface area contributed by atoms with Crippen molar-refractivity contribution in [3.63, 3.8) is 0 Å². The number of rotatable bonds is 1. The van der Waals surface area contributed by atoms with Crippen molar-refractivity contribution in [3.05, 3.63) is 23.2 Å². The lowest BCUT2D eigenvalue weighted by Gasteiger charge is -2.38. The quantitative estimate of drug-likeness (QED) is 0.748. The molecule has 0 spiro atoms. The zero-order chi connectivity index (χ0) is 12.6. The number of hydrogen-bond acceptors (Lipinski definition) is 2. The van der Waals surface area contributed by atoms with Gasteiger partial charge < -0.3 is 9.32 Å². The summed E-state index contributed by atoms with van der Waals surface area (Å²) in [6, 6.07) is 2.49. The van der Waals surface area contributed by atoms with Crippen LogP contribution in [0.25, 0.3) is 0 Å². The van der Waals surface area contributed by atoms with E-state index in [1.807, 2.05) is 24.8 Å². The first-order valence-corrected chi connectivity index (χ1v) is 6.40. The number of carbonyl (C=O) groups is 1. The third-order valence-electron chi connectivity index (χ3n) is 3.80. The molecule has 1 aromatic rings. The first-order chi connectivity index (χ1) is 8.00. The molecule has 0 aromatic carbocycles. The highest BCUT2D eigenvalue weighted by molar-refractivity contribution is 5.92. The molecule has 0 saturated carbocycles. The summed E-state index contributed by atoms with van der Waals surface area (Å²) in [7, 11) is 0. The van der Waals surface area contributed by atoms with Crippen molar-refractivity contribution in [2.24, 2.45) is 0 Å². The average molecular weight is 235 g/mol. The van der Waals surface area contributed by atoms with Crippen LogP contribution in [0, 0.1) is 13.8 Å². The molecule has 0 bridgehead atoms. The molecule has 2 rings (SSSR count). The van der Waals surface area contributed by atoms with Crippen LogP contribution in [-0.2, 0) is 0 Å². The van der Waals surface area contributed by atoms with E-state index in [1.54, 1.807) is 0 Å². The second kappa shape index (κ2) is 4.55. The summed E-state index contributed by atoms with van der Waals surface area (Å²) < 4.78 is 5.53. The van der Waals surface area contributed by atoms with Gasteiger partial charge in [0.25, 0.3) is 5.91 Å². The monoisotopic (exact) mass is 235 g/mol. The molecule has 2 heterocycles. The molecule has 1 aliphatic heterocycles. The van der Waals surface area contributed by atoms with Crippen LogP contribution < -0.4 is 0 Å². The molecular weight excluding hydrogens is 214 g/mol. The molecule has 17 heavy (non-hydrogen) atoms. The van der Waals surface area contributed by atoms with Gasteiger partial charge in [-0.25, -0.2) is 0 Å². The van der Waals surface area contributed by atoms with Crippen molar-refractivity contribution < 1.29 is 9.21 Å². The van der Waals surface area contributed by atoms with E-state index < -0.39 is 0 Å². The minimum absolute atomic E-state index is 0.0425. The van der Waals surface area contributed by atoms with E-state index in [2.05, 4.69) is 13.8 Å². The van der Waals surface area contributed by atoms with E-state index in [-0.39, 0.29) is 5.91 Å². The first kappa shape index (κ1) is 12.2. The van der Waals surface area contributed by atoms with Crippen molar-refractivity contribution >= 4 is 5.91 Å². The summed E-state index contributed by atoms with van der Waals surface area (Å²) >= 11 is 0. The molecule has 0 N–H and O–H groups in total. The van der Waals surface area contributed by atoms with Gasteiger partial charge in [-0.15, -0.1) is 0 Å². The fraction of sp³-hybridized carbons (Fsp3) is 0.643. The van der Waals surface area contributed by atoms with Crippen molar-refractivity contribution in [1.29, 1.82) is 0 Å². The van der Waals surface area contributed by atoms with Gasteiger partial charge in [-0.3, -0.25) is 4.79 Å². The summed E-state index contributed by atoms with van der Waals surface area (Å²) in [6.45, 7) is 8.11. The standard InChI is InChI=1S/C14H21NO2/c1-9-8-13(17-12(9)4)14(16)15-10(2)6-5-7-11(15)3/h8,10-11H,5-7H2,1-4H3. The van der Waals surface area contributed by atoms with Crippen LogP contribution in [0.5, 0.6) is 0 Å². The second-order valence-corrected chi connectivity index (χ2v) is 5.19. The number of piperidine rings is 1. The Morgan fingerprint density at radius 3 is 2.35 bits per heavy atom. The number of likely N-dealkylation sites (tertiary alicyclic amines) is 1. The molecule has 94 valence electrons. The smallest absolute Gasteiger partial charge is 0.290 e. The molecule has 2 atom stereocenters. The van der Waals surface area contributed by atoms with Gasteiger partial charge in [0.05, 0.1) is 0 Å². The molecule has 1 amide bonds. The second-order valence-electron chi connectivity index (χ2n) is 5.19. The summed E-state index contributed by atoms with van der Waals surface area (Å²) in [5, 5.41) is 0. The van der Waals surface area contributed by atoms with E-state index in [9.17, 15) is 4.79 Å². The largest absolute Gasteiger partial charge is 0.456 e. The predicted molar refractivity (Wildman–Crippen MR) is 67.1 cm³/mol. The Labute approximate surface area is 103 Å². The van der Waals surface area contributed by atoms with Gasteiger partial charge in [0.2, 0.25) is 0 Å². The maximum absolute atomic E-state index is 12.4. The minimum Gasteiger partial charge on any atom is -0.456 e. The van der Waals surface area contributed by atoms with E-state index in [0.29, 0.717) is 17.8 Å². The highest BCUT2D eigenvalue weighted by Gasteiger charge is 2.31. The van der Waals surface area contributed by atoms with Gasteiger partial charge >= 0.3 is 0 Å². The molecule has 1 fully saturated rings. The van der Waals surface area contributed by atoms with Gasteiger partial charge in [-0.05, 0) is 58.6 Å². The number of hydrogen-bond donors (Lipinski definition) is 0. The zero-order valence-corrected chi connectivity index (χ0v) is 11.1. The lowest BCUT2D eigenvalue weighted by molar-refractivity contribution is 0.0477. The van der Waals surface area contributed by atoms with E-state index in [1.165, 1.54) is 6.42 Å². The van der Waals surface area contributed by atoms with Crippen LogP contribution in [-0.4, -0.2) is 22.9 Å². The normalized spacial score (nSPS) is 25.1. The molecule has 3 nitrogen and oxygen atoms in total. The Hall–Kier alpha value is -1.25. The van der Waals surface area contributed by atoms with Gasteiger partial charge in [-0.1, -0.05) is 0 Å². The Bertz CT molecular complexity index is 392. The van der Waals surface area contributed by atoms with Crippen molar-refractivity contribution in [2.45, 2.75) is 59.0 Å². The Kier molecular flexibility index (Phi) is 3.27. The third-order valence-corrected chi connectivity index (χ3v) is 3.80. The number of carbonyl (C=O) groups excluding carboxylic acids is 1. The first-order valence-electron chi connectivity index (χ1n) is 6.40. The molecule has 0 radical (unpaired) electrons. The van der Waals surface area contributed by atoms with Crippen molar-refractivity contribution in [2.75, 3.05) is 0 Å². The highest BCUT2D eigenvalue weighted by atomic mass is 16.4. The van der Waals surface area contributed by atoms with Crippen molar-refractivity contribution in [3.8, 4) is 0 Å². The predicted octanol–water partition coefficient (Wildman–Crippen LogP) is 3.30. The number of furan rings is 1. The summed E-state index contributed by atoms with van der Waals surface area (Å²) in [6.07, 6.45) is 3.39. The summed E-state index contributed by atoms with van der Waals surface area (Å²) in [4.78, 5) is 14.4. The summed E-state index contributed by atoms with van der Waals surface area (Å²) in [5.74, 6) is 1.37. The van der Waals surface area contributed by atoms with Crippen LogP contribution in [0.15, 0.2) is 10.5 Å². The van der Waals surface area contributed by atoms with Crippen LogP contribution in [0.1, 0.15) is 55.0 Å². The molecule has 1 saturated heterocycles. The van der Waals surface area contributed by atoms with Gasteiger partial charge in [0.1, 0.15) is 5.76 Å². The van der Waals surface area contributed by atoms with Crippen LogP contribution in [0.2, 0.25) is 0 Å². The molecule has 1 aliphatic rings. The molecule has 3 heteroatoms. The lowest BCUT2D eigenvalue weighted by Crippen LogP contribution is -2.47. The maximum Gasteiger partial charge on any atom is 0.290 e. The Morgan fingerprint density at radius 1 is 1.29 bits per heavy atom. The SMILES string of the molecule is Cc1cc(C(=O)N2C(C)CCCC2C)oc1C. The molecular formula is C14H21NO2. The third kappa shape index (κ3) is 2.24. The van der Waals surface area contributed by atoms with Gasteiger partial charge in [0, 0.05) is 12.1 Å². The van der Waals surface area contributed by atoms with E-state index in [0.717, 1.165) is 24.2 Å². The van der Waals surface area contributed by atoms with Crippen LogP contribution in [0.4, 0.5) is 0 Å². The Balaban J connectivity index is 2.23. The number of amides is 1. The van der Waals surface area contributed by atoms with E-state index in [4.69, 9.17) is 4.42 Å². The average Bonchev–Trinajstić information content (AvgIpc) is 2.59. The molecule has 2 unspecified atom stereocenters. The number of aryl methyl sites for hydroxylation is 2. The maximum atomic E-state index is 12.4. The highest BCUT2D eigenvalue weighted by Crippen LogP contribution is 2.25. The molecule has 1 aromatic heterocycles. The fourth-order valence-corrected chi connectivity index (χ4v) is 2.63. The zero-order valence-electron chi connectivity index (χ0n) is 11.1. The fourth-order valence-electron chi connectivity index (χ4n) is 2.63. The van der Waals surface area contributed by atoms with Gasteiger partial charge in [0.15, 0.2) is 5.76 Å². The van der Waals surface area contributed by atoms with E-state index >= 15 is 0 Å². The van der Waals surface area contributed by atoms with Crippen molar-refractivity contribution in [1.82, 2.24) is 4.90 Å². The van der Waals surface area contributed by atoms with Gasteiger partial charge in [-0.2, -0.15) is 0 Å². The topological polar surface area (TPSA) is 33.5 Å². The van der Waals surface area contributed by atoms with Crippen LogP contribution in [0.3, 0.4) is 0 Å². The summed E-state index contributed by atoms with van der Waals surface area (Å²) in [5.41, 5.74) is 1.05. The van der Waals surface area contributed by atoms with Crippen LogP contribution >= 0.6 is 0 Å². The minimum atomic E-state index is 0.0425. The lowest BCUT2D eigenvalue weighted by atomic mass is 9.97. The Morgan fingerprint density at radius 2 is 1.88 bits per heavy atom. The number of nitrogens with zero attached hydrogens (tertiary/aromatic N) is 1.